The molecule has 0 amide bonds. The molecule has 0 heterocycles. The summed E-state index contributed by atoms with van der Waals surface area (Å²) < 4.78 is 0. The van der Waals surface area contributed by atoms with Gasteiger partial charge in [-0.2, -0.15) is 0 Å². The Balaban J connectivity index is 4.01. The topological polar surface area (TPSA) is 0 Å². The largest absolute Gasteiger partial charge is 0.103 e. The van der Waals surface area contributed by atoms with Crippen LogP contribution in [0.15, 0.2) is 12.7 Å². The van der Waals surface area contributed by atoms with E-state index in [9.17, 15) is 0 Å². The summed E-state index contributed by atoms with van der Waals surface area (Å²) in [6.45, 7) is 17.7. The van der Waals surface area contributed by atoms with Crippen molar-refractivity contribution in [1.82, 2.24) is 0 Å². The van der Waals surface area contributed by atoms with Crippen LogP contribution in [0, 0.1) is 16.7 Å². The first kappa shape index (κ1) is 12.7. The fourth-order valence-corrected chi connectivity index (χ4v) is 2.10. The predicted octanol–water partition coefficient (Wildman–Crippen LogP) is 4.66. The van der Waals surface area contributed by atoms with Crippen LogP contribution in [-0.2, 0) is 0 Å². The molecule has 0 aliphatic carbocycles. The van der Waals surface area contributed by atoms with Gasteiger partial charge >= 0.3 is 0 Å². The lowest BCUT2D eigenvalue weighted by atomic mass is 9.77. The Hall–Kier alpha value is -0.260. The lowest BCUT2D eigenvalue weighted by Gasteiger charge is -2.29. The Morgan fingerprint density at radius 1 is 1.08 bits per heavy atom. The molecule has 0 spiro atoms. The monoisotopic (exact) mass is 182 g/mol. The smallest absolute Gasteiger partial charge is 0.0175 e. The summed E-state index contributed by atoms with van der Waals surface area (Å²) in [5.74, 6) is 0.785. The van der Waals surface area contributed by atoms with Crippen molar-refractivity contribution in [2.45, 2.75) is 54.4 Å². The van der Waals surface area contributed by atoms with Crippen LogP contribution in [0.1, 0.15) is 54.4 Å². The summed E-state index contributed by atoms with van der Waals surface area (Å²) in [4.78, 5) is 0. The number of hydrogen-bond donors (Lipinski definition) is 0. The quantitative estimate of drug-likeness (QED) is 0.555. The van der Waals surface area contributed by atoms with Crippen molar-refractivity contribution in [3.63, 3.8) is 0 Å². The van der Waals surface area contributed by atoms with Gasteiger partial charge in [0.2, 0.25) is 0 Å². The Morgan fingerprint density at radius 3 is 1.85 bits per heavy atom. The average Bonchev–Trinajstić information content (AvgIpc) is 1.81. The van der Waals surface area contributed by atoms with Gasteiger partial charge in [-0.05, 0) is 29.6 Å². The fraction of sp³-hybridized carbons (Fsp3) is 0.846. The lowest BCUT2D eigenvalue weighted by Crippen LogP contribution is -2.17. The van der Waals surface area contributed by atoms with E-state index in [4.69, 9.17) is 0 Å². The van der Waals surface area contributed by atoms with E-state index in [1.807, 2.05) is 0 Å². The molecule has 0 nitrogen and oxygen atoms in total. The minimum Gasteiger partial charge on any atom is -0.103 e. The molecule has 78 valence electrons. The second-order valence-corrected chi connectivity index (χ2v) is 6.27. The summed E-state index contributed by atoms with van der Waals surface area (Å²) in [6.07, 6.45) is 4.62. The molecular formula is C13H26. The first-order valence-corrected chi connectivity index (χ1v) is 5.30. The van der Waals surface area contributed by atoms with E-state index in [0.29, 0.717) is 10.8 Å². The van der Waals surface area contributed by atoms with Crippen molar-refractivity contribution in [3.8, 4) is 0 Å². The van der Waals surface area contributed by atoms with Crippen LogP contribution in [-0.4, -0.2) is 0 Å². The maximum Gasteiger partial charge on any atom is -0.0175 e. The molecule has 0 aromatic carbocycles. The minimum atomic E-state index is 0.296. The molecule has 0 aromatic heterocycles. The van der Waals surface area contributed by atoms with E-state index in [2.05, 4.69) is 54.2 Å². The third-order valence-corrected chi connectivity index (χ3v) is 2.39. The summed E-state index contributed by atoms with van der Waals surface area (Å²) in [6, 6.07) is 0. The predicted molar refractivity (Wildman–Crippen MR) is 61.8 cm³/mol. The van der Waals surface area contributed by atoms with Crippen LogP contribution in [0.4, 0.5) is 0 Å². The zero-order chi connectivity index (χ0) is 10.7. The first-order chi connectivity index (χ1) is 5.66. The van der Waals surface area contributed by atoms with Crippen LogP contribution >= 0.6 is 0 Å². The Labute approximate surface area is 84.4 Å². The molecule has 0 saturated heterocycles. The van der Waals surface area contributed by atoms with E-state index in [0.717, 1.165) is 5.92 Å². The fourth-order valence-electron chi connectivity index (χ4n) is 2.10. The van der Waals surface area contributed by atoms with Crippen molar-refractivity contribution in [2.24, 2.45) is 16.7 Å². The molecule has 0 aliphatic rings. The number of hydrogen-bond acceptors (Lipinski definition) is 0. The van der Waals surface area contributed by atoms with Gasteiger partial charge in [-0.1, -0.05) is 47.6 Å². The van der Waals surface area contributed by atoms with E-state index >= 15 is 0 Å². The van der Waals surface area contributed by atoms with Gasteiger partial charge in [-0.3, -0.25) is 0 Å². The molecule has 0 heteroatoms. The molecule has 0 N–H and O–H groups in total. The van der Waals surface area contributed by atoms with Gasteiger partial charge in [0.1, 0.15) is 0 Å². The molecule has 0 aromatic rings. The molecule has 0 fully saturated rings. The van der Waals surface area contributed by atoms with Crippen LogP contribution in [0.3, 0.4) is 0 Å². The second-order valence-electron chi connectivity index (χ2n) is 6.27. The maximum atomic E-state index is 3.88. The van der Waals surface area contributed by atoms with Crippen molar-refractivity contribution in [1.29, 1.82) is 0 Å². The zero-order valence-corrected chi connectivity index (χ0v) is 10.3. The molecular weight excluding hydrogens is 156 g/mol. The summed E-state index contributed by atoms with van der Waals surface area (Å²) >= 11 is 0. The molecule has 0 aliphatic heterocycles. The Kier molecular flexibility index (Phi) is 4.22. The summed E-state index contributed by atoms with van der Waals surface area (Å²) in [5.41, 5.74) is 0.751. The van der Waals surface area contributed by atoms with E-state index in [-0.39, 0.29) is 0 Å². The summed E-state index contributed by atoms with van der Waals surface area (Å²) in [7, 11) is 0. The molecule has 0 radical (unpaired) electrons. The SMILES string of the molecule is C=CC(C)(C)CC(C)CC(C)(C)C. The molecule has 1 unspecified atom stereocenters. The van der Waals surface area contributed by atoms with Gasteiger partial charge in [-0.25, -0.2) is 0 Å². The number of rotatable bonds is 4. The Morgan fingerprint density at radius 2 is 1.54 bits per heavy atom. The van der Waals surface area contributed by atoms with E-state index in [1.165, 1.54) is 12.8 Å². The van der Waals surface area contributed by atoms with Crippen molar-refractivity contribution >= 4 is 0 Å². The minimum absolute atomic E-state index is 0.296. The third kappa shape index (κ3) is 6.86. The normalized spacial score (nSPS) is 15.5. The third-order valence-electron chi connectivity index (χ3n) is 2.39. The average molecular weight is 182 g/mol. The molecule has 0 bridgehead atoms. The van der Waals surface area contributed by atoms with Crippen molar-refractivity contribution in [2.75, 3.05) is 0 Å². The first-order valence-electron chi connectivity index (χ1n) is 5.30. The lowest BCUT2D eigenvalue weighted by molar-refractivity contribution is 0.251. The highest BCUT2D eigenvalue weighted by molar-refractivity contribution is 4.89. The highest BCUT2D eigenvalue weighted by atomic mass is 14.3. The molecule has 13 heavy (non-hydrogen) atoms. The van der Waals surface area contributed by atoms with Crippen molar-refractivity contribution in [3.05, 3.63) is 12.7 Å². The molecule has 1 atom stereocenters. The Bertz CT molecular complexity index is 157. The van der Waals surface area contributed by atoms with Gasteiger partial charge in [0.25, 0.3) is 0 Å². The van der Waals surface area contributed by atoms with Gasteiger partial charge in [0, 0.05) is 0 Å². The molecule has 0 rings (SSSR count). The van der Waals surface area contributed by atoms with Crippen LogP contribution in [0.25, 0.3) is 0 Å². The second kappa shape index (κ2) is 4.30. The molecule has 0 saturated carbocycles. The zero-order valence-electron chi connectivity index (χ0n) is 10.3. The van der Waals surface area contributed by atoms with E-state index in [1.54, 1.807) is 0 Å². The van der Waals surface area contributed by atoms with Gasteiger partial charge in [0.15, 0.2) is 0 Å². The van der Waals surface area contributed by atoms with Crippen LogP contribution < -0.4 is 0 Å². The van der Waals surface area contributed by atoms with Crippen molar-refractivity contribution < 1.29 is 0 Å². The van der Waals surface area contributed by atoms with Gasteiger partial charge in [-0.15, -0.1) is 6.58 Å². The standard InChI is InChI=1S/C13H26/c1-8-13(6,7)10-11(2)9-12(3,4)5/h8,11H,1,9-10H2,2-7H3. The highest BCUT2D eigenvalue weighted by Gasteiger charge is 2.21. The van der Waals surface area contributed by atoms with Gasteiger partial charge in [0.05, 0.1) is 0 Å². The van der Waals surface area contributed by atoms with E-state index < -0.39 is 0 Å². The maximum absolute atomic E-state index is 3.88. The van der Waals surface area contributed by atoms with Crippen LogP contribution in [0.2, 0.25) is 0 Å². The van der Waals surface area contributed by atoms with Gasteiger partial charge < -0.3 is 0 Å². The van der Waals surface area contributed by atoms with Crippen LogP contribution in [0.5, 0.6) is 0 Å². The summed E-state index contributed by atoms with van der Waals surface area (Å²) in [5, 5.41) is 0. The number of allylic oxidation sites excluding steroid dienone is 1. The highest BCUT2D eigenvalue weighted by Crippen LogP contribution is 2.33.